The molecule has 1 heterocycles. The molecule has 0 radical (unpaired) electrons. The molecule has 0 unspecified atom stereocenters. The maximum atomic E-state index is 13.0. The topological polar surface area (TPSA) is 84.2 Å². The second kappa shape index (κ2) is 5.76. The first-order chi connectivity index (χ1) is 10.5. The SMILES string of the molecule is O=C(Nc1ccc(F)c(Cl)c1)c1coc(NC(=O)C2CC2)n1. The number of carbonyl (C=O) groups is 2. The highest BCUT2D eigenvalue weighted by Gasteiger charge is 2.30. The Balaban J connectivity index is 1.65. The molecule has 2 aromatic rings. The normalized spacial score (nSPS) is 13.7. The Morgan fingerprint density at radius 3 is 2.77 bits per heavy atom. The number of halogens is 2. The van der Waals surface area contributed by atoms with E-state index in [1.54, 1.807) is 0 Å². The minimum absolute atomic E-state index is 0.00512. The van der Waals surface area contributed by atoms with E-state index in [1.807, 2.05) is 0 Å². The molecule has 114 valence electrons. The van der Waals surface area contributed by atoms with E-state index in [9.17, 15) is 14.0 Å². The van der Waals surface area contributed by atoms with Crippen molar-refractivity contribution in [1.82, 2.24) is 4.98 Å². The van der Waals surface area contributed by atoms with Crippen LogP contribution < -0.4 is 10.6 Å². The van der Waals surface area contributed by atoms with Crippen LogP contribution in [0.4, 0.5) is 16.1 Å². The summed E-state index contributed by atoms with van der Waals surface area (Å²) in [6, 6.07) is 3.76. The van der Waals surface area contributed by atoms with E-state index in [2.05, 4.69) is 15.6 Å². The predicted molar refractivity (Wildman–Crippen MR) is 77.2 cm³/mol. The lowest BCUT2D eigenvalue weighted by atomic mass is 10.3. The third kappa shape index (κ3) is 3.25. The summed E-state index contributed by atoms with van der Waals surface area (Å²) in [4.78, 5) is 27.4. The van der Waals surface area contributed by atoms with Crippen LogP contribution in [0.3, 0.4) is 0 Å². The Labute approximate surface area is 129 Å². The van der Waals surface area contributed by atoms with Gasteiger partial charge in [0.25, 0.3) is 5.91 Å². The number of anilines is 2. The van der Waals surface area contributed by atoms with Crippen LogP contribution >= 0.6 is 11.6 Å². The largest absolute Gasteiger partial charge is 0.431 e. The van der Waals surface area contributed by atoms with Gasteiger partial charge in [0.2, 0.25) is 5.91 Å². The third-order valence-corrected chi connectivity index (χ3v) is 3.38. The molecule has 3 rings (SSSR count). The molecule has 22 heavy (non-hydrogen) atoms. The van der Waals surface area contributed by atoms with E-state index in [0.717, 1.165) is 25.2 Å². The van der Waals surface area contributed by atoms with E-state index in [4.69, 9.17) is 16.0 Å². The number of amides is 2. The zero-order valence-corrected chi connectivity index (χ0v) is 12.0. The zero-order valence-electron chi connectivity index (χ0n) is 11.2. The van der Waals surface area contributed by atoms with Crippen molar-refractivity contribution >= 4 is 35.1 Å². The number of carbonyl (C=O) groups excluding carboxylic acids is 2. The van der Waals surface area contributed by atoms with Crippen molar-refractivity contribution in [3.8, 4) is 0 Å². The Morgan fingerprint density at radius 1 is 1.32 bits per heavy atom. The number of hydrogen-bond acceptors (Lipinski definition) is 4. The summed E-state index contributed by atoms with van der Waals surface area (Å²) in [6.45, 7) is 0. The number of aromatic nitrogens is 1. The molecule has 1 aromatic carbocycles. The van der Waals surface area contributed by atoms with Gasteiger partial charge in [-0.15, -0.1) is 0 Å². The fourth-order valence-corrected chi connectivity index (χ4v) is 1.94. The van der Waals surface area contributed by atoms with Crippen molar-refractivity contribution < 1.29 is 18.4 Å². The van der Waals surface area contributed by atoms with Gasteiger partial charge in [-0.2, -0.15) is 4.98 Å². The van der Waals surface area contributed by atoms with Crippen LogP contribution in [0.1, 0.15) is 23.3 Å². The smallest absolute Gasteiger partial charge is 0.302 e. The summed E-state index contributed by atoms with van der Waals surface area (Å²) in [6.07, 6.45) is 2.83. The molecule has 2 amide bonds. The lowest BCUT2D eigenvalue weighted by Crippen LogP contribution is -2.15. The van der Waals surface area contributed by atoms with Crippen molar-refractivity contribution in [3.63, 3.8) is 0 Å². The molecule has 1 fully saturated rings. The molecule has 1 aromatic heterocycles. The number of benzene rings is 1. The second-order valence-corrected chi connectivity index (χ2v) is 5.29. The Hall–Kier alpha value is -2.41. The van der Waals surface area contributed by atoms with Gasteiger partial charge >= 0.3 is 6.01 Å². The third-order valence-electron chi connectivity index (χ3n) is 3.09. The molecule has 0 bridgehead atoms. The zero-order chi connectivity index (χ0) is 15.7. The Kier molecular flexibility index (Phi) is 3.81. The predicted octanol–water partition coefficient (Wildman–Crippen LogP) is 3.07. The van der Waals surface area contributed by atoms with Crippen molar-refractivity contribution in [2.45, 2.75) is 12.8 Å². The quantitative estimate of drug-likeness (QED) is 0.905. The van der Waals surface area contributed by atoms with Gasteiger partial charge in [0.1, 0.15) is 12.1 Å². The van der Waals surface area contributed by atoms with Gasteiger partial charge in [-0.05, 0) is 31.0 Å². The molecule has 0 spiro atoms. The highest BCUT2D eigenvalue weighted by molar-refractivity contribution is 6.31. The fraction of sp³-hybridized carbons (Fsp3) is 0.214. The van der Waals surface area contributed by atoms with Crippen LogP contribution in [0.25, 0.3) is 0 Å². The fourth-order valence-electron chi connectivity index (χ4n) is 1.76. The number of hydrogen-bond donors (Lipinski definition) is 2. The van der Waals surface area contributed by atoms with Crippen LogP contribution in [-0.2, 0) is 4.79 Å². The average Bonchev–Trinajstić information content (AvgIpc) is 3.23. The second-order valence-electron chi connectivity index (χ2n) is 4.88. The number of oxazole rings is 1. The van der Waals surface area contributed by atoms with Gasteiger partial charge in [0.05, 0.1) is 5.02 Å². The van der Waals surface area contributed by atoms with Crippen molar-refractivity contribution in [1.29, 1.82) is 0 Å². The Morgan fingerprint density at radius 2 is 2.09 bits per heavy atom. The van der Waals surface area contributed by atoms with E-state index >= 15 is 0 Å². The molecule has 8 heteroatoms. The number of rotatable bonds is 4. The maximum Gasteiger partial charge on any atom is 0.302 e. The molecular weight excluding hydrogens is 313 g/mol. The molecule has 6 nitrogen and oxygen atoms in total. The van der Waals surface area contributed by atoms with E-state index in [1.165, 1.54) is 12.1 Å². The van der Waals surface area contributed by atoms with Gasteiger partial charge < -0.3 is 9.73 Å². The summed E-state index contributed by atoms with van der Waals surface area (Å²) in [5, 5.41) is 4.89. The molecule has 2 N–H and O–H groups in total. The van der Waals surface area contributed by atoms with Crippen molar-refractivity contribution in [2.24, 2.45) is 5.92 Å². The molecular formula is C14H11ClFN3O3. The van der Waals surface area contributed by atoms with Gasteiger partial charge in [0.15, 0.2) is 5.69 Å². The number of nitrogens with one attached hydrogen (secondary N) is 2. The standard InChI is InChI=1S/C14H11ClFN3O3/c15-9-5-8(3-4-10(9)16)17-13(21)11-6-22-14(18-11)19-12(20)7-1-2-7/h3-7H,1-2H2,(H,17,21)(H,18,19,20). The van der Waals surface area contributed by atoms with Gasteiger partial charge in [0, 0.05) is 11.6 Å². The Bertz CT molecular complexity index is 743. The first kappa shape index (κ1) is 14.5. The molecule has 0 atom stereocenters. The highest BCUT2D eigenvalue weighted by atomic mass is 35.5. The monoisotopic (exact) mass is 323 g/mol. The van der Waals surface area contributed by atoms with Crippen LogP contribution in [-0.4, -0.2) is 16.8 Å². The lowest BCUT2D eigenvalue weighted by molar-refractivity contribution is -0.117. The minimum atomic E-state index is -0.578. The molecule has 1 aliphatic carbocycles. The number of nitrogens with zero attached hydrogens (tertiary/aromatic N) is 1. The average molecular weight is 324 g/mol. The summed E-state index contributed by atoms with van der Waals surface area (Å²) in [7, 11) is 0. The lowest BCUT2D eigenvalue weighted by Gasteiger charge is -2.03. The van der Waals surface area contributed by atoms with Gasteiger partial charge in [-0.25, -0.2) is 4.39 Å². The summed E-state index contributed by atoms with van der Waals surface area (Å²) >= 11 is 5.63. The molecule has 1 saturated carbocycles. The van der Waals surface area contributed by atoms with E-state index < -0.39 is 11.7 Å². The van der Waals surface area contributed by atoms with Crippen LogP contribution in [0.2, 0.25) is 5.02 Å². The summed E-state index contributed by atoms with van der Waals surface area (Å²) < 4.78 is 18.1. The molecule has 0 saturated heterocycles. The first-order valence-corrected chi connectivity index (χ1v) is 6.93. The van der Waals surface area contributed by atoms with E-state index in [0.29, 0.717) is 5.69 Å². The maximum absolute atomic E-state index is 13.0. The van der Waals surface area contributed by atoms with Crippen LogP contribution in [0.5, 0.6) is 0 Å². The minimum Gasteiger partial charge on any atom is -0.431 e. The van der Waals surface area contributed by atoms with Crippen molar-refractivity contribution in [3.05, 3.63) is 41.0 Å². The summed E-state index contributed by atoms with van der Waals surface area (Å²) in [5.74, 6) is -1.30. The highest BCUT2D eigenvalue weighted by Crippen LogP contribution is 2.30. The van der Waals surface area contributed by atoms with Crippen LogP contribution in [0.15, 0.2) is 28.9 Å². The molecule has 1 aliphatic rings. The summed E-state index contributed by atoms with van der Waals surface area (Å²) in [5.41, 5.74) is 0.314. The van der Waals surface area contributed by atoms with Gasteiger partial charge in [-0.3, -0.25) is 14.9 Å². The van der Waals surface area contributed by atoms with E-state index in [-0.39, 0.29) is 28.6 Å². The van der Waals surface area contributed by atoms with Crippen molar-refractivity contribution in [2.75, 3.05) is 10.6 Å². The van der Waals surface area contributed by atoms with Crippen LogP contribution in [0, 0.1) is 11.7 Å². The first-order valence-electron chi connectivity index (χ1n) is 6.56. The molecule has 0 aliphatic heterocycles. The van der Waals surface area contributed by atoms with Gasteiger partial charge in [-0.1, -0.05) is 11.6 Å².